The third kappa shape index (κ3) is 4.42. The molecule has 1 heterocycles. The molecule has 0 spiro atoms. The molecule has 1 aromatic heterocycles. The Morgan fingerprint density at radius 2 is 2.00 bits per heavy atom. The summed E-state index contributed by atoms with van der Waals surface area (Å²) >= 11 is 0. The summed E-state index contributed by atoms with van der Waals surface area (Å²) in [6.07, 6.45) is 3.91. The van der Waals surface area contributed by atoms with Crippen LogP contribution in [0.25, 0.3) is 0 Å². The predicted molar refractivity (Wildman–Crippen MR) is 71.8 cm³/mol. The summed E-state index contributed by atoms with van der Waals surface area (Å²) in [5.74, 6) is 1.26. The van der Waals surface area contributed by atoms with E-state index in [-0.39, 0.29) is 11.1 Å². The van der Waals surface area contributed by atoms with Gasteiger partial charge in [-0.15, -0.1) is 0 Å². The zero-order valence-corrected chi connectivity index (χ0v) is 12.3. The van der Waals surface area contributed by atoms with Crippen molar-refractivity contribution in [3.8, 4) is 0 Å². The van der Waals surface area contributed by atoms with E-state index in [1.54, 1.807) is 0 Å². The molecule has 6 heteroatoms. The Labute approximate surface area is 109 Å². The maximum atomic E-state index is 12.0. The van der Waals surface area contributed by atoms with E-state index in [9.17, 15) is 8.42 Å². The zero-order valence-electron chi connectivity index (χ0n) is 11.5. The molecular formula is C12H23N3O2S. The molecule has 5 nitrogen and oxygen atoms in total. The van der Waals surface area contributed by atoms with Crippen LogP contribution in [0.2, 0.25) is 0 Å². The van der Waals surface area contributed by atoms with Crippen LogP contribution in [-0.4, -0.2) is 24.4 Å². The molecule has 0 saturated carbocycles. The van der Waals surface area contributed by atoms with Crippen molar-refractivity contribution in [2.24, 2.45) is 5.92 Å². The van der Waals surface area contributed by atoms with E-state index in [1.807, 2.05) is 13.8 Å². The van der Waals surface area contributed by atoms with Gasteiger partial charge >= 0.3 is 0 Å². The molecule has 1 rings (SSSR count). The number of hydrogen-bond acceptors (Lipinski definition) is 3. The van der Waals surface area contributed by atoms with E-state index in [2.05, 4.69) is 28.5 Å². The first-order chi connectivity index (χ1) is 8.35. The molecule has 18 heavy (non-hydrogen) atoms. The van der Waals surface area contributed by atoms with E-state index in [0.29, 0.717) is 18.2 Å². The monoisotopic (exact) mass is 273 g/mol. The topological polar surface area (TPSA) is 74.8 Å². The Balaban J connectivity index is 2.64. The SMILES string of the molecule is CCc1ncc(S(=O)(=O)NC(C)CCC(C)C)[nH]1. The van der Waals surface area contributed by atoms with E-state index in [4.69, 9.17) is 0 Å². The van der Waals surface area contributed by atoms with Crippen LogP contribution in [0.5, 0.6) is 0 Å². The summed E-state index contributed by atoms with van der Waals surface area (Å²) in [6.45, 7) is 8.07. The number of nitrogens with zero attached hydrogens (tertiary/aromatic N) is 1. The molecule has 1 aromatic rings. The van der Waals surface area contributed by atoms with Crippen LogP contribution in [0.15, 0.2) is 11.2 Å². The highest BCUT2D eigenvalue weighted by atomic mass is 32.2. The Kier molecular flexibility index (Phi) is 5.34. The zero-order chi connectivity index (χ0) is 13.8. The Hall–Kier alpha value is -0.880. The molecule has 2 N–H and O–H groups in total. The first-order valence-electron chi connectivity index (χ1n) is 6.41. The fourth-order valence-electron chi connectivity index (χ4n) is 1.63. The number of H-pyrrole nitrogens is 1. The molecule has 0 aliphatic heterocycles. The highest BCUT2D eigenvalue weighted by Crippen LogP contribution is 2.11. The molecule has 0 fully saturated rings. The van der Waals surface area contributed by atoms with E-state index < -0.39 is 10.0 Å². The lowest BCUT2D eigenvalue weighted by molar-refractivity contribution is 0.484. The molecule has 1 unspecified atom stereocenters. The van der Waals surface area contributed by atoms with Crippen LogP contribution in [-0.2, 0) is 16.4 Å². The van der Waals surface area contributed by atoms with Crippen LogP contribution in [0.4, 0.5) is 0 Å². The van der Waals surface area contributed by atoms with E-state index in [0.717, 1.165) is 12.8 Å². The number of hydrogen-bond donors (Lipinski definition) is 2. The smallest absolute Gasteiger partial charge is 0.257 e. The van der Waals surface area contributed by atoms with Crippen molar-refractivity contribution >= 4 is 10.0 Å². The predicted octanol–water partition coefficient (Wildman–Crippen LogP) is 2.08. The van der Waals surface area contributed by atoms with Crippen LogP contribution in [0.1, 0.15) is 46.4 Å². The summed E-state index contributed by atoms with van der Waals surface area (Å²) in [4.78, 5) is 6.82. The van der Waals surface area contributed by atoms with E-state index >= 15 is 0 Å². The number of aryl methyl sites for hydroxylation is 1. The maximum Gasteiger partial charge on any atom is 0.257 e. The number of aromatic nitrogens is 2. The van der Waals surface area contributed by atoms with Crippen LogP contribution in [0.3, 0.4) is 0 Å². The maximum absolute atomic E-state index is 12.0. The van der Waals surface area contributed by atoms with Gasteiger partial charge < -0.3 is 4.98 Å². The van der Waals surface area contributed by atoms with Gasteiger partial charge in [-0.2, -0.15) is 0 Å². The summed E-state index contributed by atoms with van der Waals surface area (Å²) in [6, 6.07) is -0.0641. The van der Waals surface area contributed by atoms with Gasteiger partial charge in [-0.1, -0.05) is 20.8 Å². The summed E-state index contributed by atoms with van der Waals surface area (Å²) in [5, 5.41) is 0.149. The summed E-state index contributed by atoms with van der Waals surface area (Å²) in [7, 11) is -3.46. The molecule has 1 atom stereocenters. The van der Waals surface area contributed by atoms with Gasteiger partial charge in [0.25, 0.3) is 10.0 Å². The lowest BCUT2D eigenvalue weighted by atomic mass is 10.1. The molecular weight excluding hydrogens is 250 g/mol. The second-order valence-electron chi connectivity index (χ2n) is 5.04. The van der Waals surface area contributed by atoms with Crippen LogP contribution in [0, 0.1) is 5.92 Å². The van der Waals surface area contributed by atoms with Gasteiger partial charge in [-0.25, -0.2) is 18.1 Å². The van der Waals surface area contributed by atoms with Gasteiger partial charge in [0.1, 0.15) is 5.82 Å². The molecule has 0 saturated heterocycles. The minimum Gasteiger partial charge on any atom is -0.332 e. The number of aromatic amines is 1. The minimum atomic E-state index is -3.46. The average molecular weight is 273 g/mol. The molecule has 104 valence electrons. The second-order valence-corrected chi connectivity index (χ2v) is 6.72. The average Bonchev–Trinajstić information content (AvgIpc) is 2.75. The van der Waals surface area contributed by atoms with Gasteiger partial charge in [0, 0.05) is 12.5 Å². The van der Waals surface area contributed by atoms with Gasteiger partial charge in [0.05, 0.1) is 6.20 Å². The molecule has 0 aliphatic carbocycles. The van der Waals surface area contributed by atoms with Gasteiger partial charge in [0.2, 0.25) is 0 Å². The number of rotatable bonds is 7. The van der Waals surface area contributed by atoms with Crippen molar-refractivity contribution in [2.45, 2.75) is 58.0 Å². The van der Waals surface area contributed by atoms with Crippen molar-refractivity contribution < 1.29 is 8.42 Å². The molecule has 0 aromatic carbocycles. The van der Waals surface area contributed by atoms with Crippen LogP contribution >= 0.6 is 0 Å². The Bertz CT molecular complexity index is 465. The lowest BCUT2D eigenvalue weighted by Crippen LogP contribution is -2.33. The third-order valence-corrected chi connectivity index (χ3v) is 4.26. The lowest BCUT2D eigenvalue weighted by Gasteiger charge is -2.14. The fourth-order valence-corrected chi connectivity index (χ4v) is 2.85. The van der Waals surface area contributed by atoms with Gasteiger partial charge in [-0.3, -0.25) is 0 Å². The highest BCUT2D eigenvalue weighted by Gasteiger charge is 2.19. The first-order valence-corrected chi connectivity index (χ1v) is 7.89. The summed E-state index contributed by atoms with van der Waals surface area (Å²) in [5.41, 5.74) is 0. The first kappa shape index (κ1) is 15.2. The van der Waals surface area contributed by atoms with Gasteiger partial charge in [0.15, 0.2) is 5.03 Å². The second kappa shape index (κ2) is 6.33. The number of sulfonamides is 1. The minimum absolute atomic E-state index is 0.0641. The number of imidazole rings is 1. The molecule has 0 radical (unpaired) electrons. The van der Waals surface area contributed by atoms with Crippen molar-refractivity contribution in [3.05, 3.63) is 12.0 Å². The fraction of sp³-hybridized carbons (Fsp3) is 0.750. The van der Waals surface area contributed by atoms with Gasteiger partial charge in [-0.05, 0) is 25.7 Å². The Morgan fingerprint density at radius 1 is 1.33 bits per heavy atom. The normalized spacial score (nSPS) is 14.1. The van der Waals surface area contributed by atoms with Crippen LogP contribution < -0.4 is 4.72 Å². The van der Waals surface area contributed by atoms with E-state index in [1.165, 1.54) is 6.20 Å². The molecule has 0 amide bonds. The summed E-state index contributed by atoms with van der Waals surface area (Å²) < 4.78 is 26.7. The highest BCUT2D eigenvalue weighted by molar-refractivity contribution is 7.89. The van der Waals surface area contributed by atoms with Crippen molar-refractivity contribution in [2.75, 3.05) is 0 Å². The standard InChI is InChI=1S/C12H23N3O2S/c1-5-11-13-8-12(14-11)18(16,17)15-10(4)7-6-9(2)3/h8-10,15H,5-7H2,1-4H3,(H,13,14). The third-order valence-electron chi connectivity index (χ3n) is 2.76. The molecule has 0 aliphatic rings. The van der Waals surface area contributed by atoms with Crippen molar-refractivity contribution in [1.29, 1.82) is 0 Å². The van der Waals surface area contributed by atoms with Crippen molar-refractivity contribution in [1.82, 2.24) is 14.7 Å². The van der Waals surface area contributed by atoms with Crippen molar-refractivity contribution in [3.63, 3.8) is 0 Å². The largest absolute Gasteiger partial charge is 0.332 e. The molecule has 0 bridgehead atoms. The number of nitrogens with one attached hydrogen (secondary N) is 2. The quantitative estimate of drug-likeness (QED) is 0.798. The Morgan fingerprint density at radius 3 is 2.50 bits per heavy atom.